The van der Waals surface area contributed by atoms with Crippen molar-refractivity contribution in [2.75, 3.05) is 39.3 Å². The van der Waals surface area contributed by atoms with Gasteiger partial charge in [-0.2, -0.15) is 0 Å². The standard InChI is InChI=1S/C26H37N3O2S/c1-2-31-23-10-8-22(9-11-23)24(30)28-17-13-26(14-18-28)15-19-29(20-26)25(32)27-16-12-21-6-4-3-5-7-21/h6,8-11H,2-5,7,12-20H2,1H3,(H,27,32). The van der Waals surface area contributed by atoms with Crippen molar-refractivity contribution in [2.45, 2.75) is 58.3 Å². The normalized spacial score (nSPS) is 20.2. The summed E-state index contributed by atoms with van der Waals surface area (Å²) in [5.41, 5.74) is 2.64. The van der Waals surface area contributed by atoms with Gasteiger partial charge in [-0.05, 0) is 100 Å². The molecule has 0 bridgehead atoms. The predicted molar refractivity (Wildman–Crippen MR) is 133 cm³/mol. The molecule has 0 radical (unpaired) electrons. The highest BCUT2D eigenvalue weighted by molar-refractivity contribution is 7.80. The van der Waals surface area contributed by atoms with Gasteiger partial charge in [0.05, 0.1) is 6.61 Å². The Hall–Kier alpha value is -2.08. The van der Waals surface area contributed by atoms with Crippen LogP contribution >= 0.6 is 12.2 Å². The van der Waals surface area contributed by atoms with Crippen LogP contribution in [0, 0.1) is 5.41 Å². The first kappa shape index (κ1) is 23.1. The fraction of sp³-hybridized carbons (Fsp3) is 0.615. The van der Waals surface area contributed by atoms with E-state index in [-0.39, 0.29) is 5.91 Å². The third-order valence-electron chi connectivity index (χ3n) is 7.36. The van der Waals surface area contributed by atoms with Crippen LogP contribution in [0.2, 0.25) is 0 Å². The van der Waals surface area contributed by atoms with Crippen LogP contribution in [0.1, 0.15) is 68.6 Å². The summed E-state index contributed by atoms with van der Waals surface area (Å²) in [6, 6.07) is 7.52. The number of hydrogen-bond acceptors (Lipinski definition) is 3. The molecule has 1 N–H and O–H groups in total. The molecule has 2 heterocycles. The molecule has 1 aromatic carbocycles. The van der Waals surface area contributed by atoms with Gasteiger partial charge in [0.25, 0.3) is 5.91 Å². The van der Waals surface area contributed by atoms with Crippen LogP contribution in [-0.4, -0.2) is 60.2 Å². The van der Waals surface area contributed by atoms with Gasteiger partial charge in [-0.3, -0.25) is 4.79 Å². The minimum Gasteiger partial charge on any atom is -0.494 e. The van der Waals surface area contributed by atoms with E-state index in [9.17, 15) is 4.79 Å². The van der Waals surface area contributed by atoms with E-state index in [2.05, 4.69) is 16.3 Å². The molecule has 0 saturated carbocycles. The molecule has 0 aromatic heterocycles. The van der Waals surface area contributed by atoms with E-state index in [0.29, 0.717) is 12.0 Å². The molecule has 2 saturated heterocycles. The number of ether oxygens (including phenoxy) is 1. The second-order valence-electron chi connectivity index (χ2n) is 9.51. The van der Waals surface area contributed by atoms with Crippen LogP contribution in [0.15, 0.2) is 35.9 Å². The molecule has 1 aromatic rings. The van der Waals surface area contributed by atoms with Crippen molar-refractivity contribution in [1.82, 2.24) is 15.1 Å². The second kappa shape index (κ2) is 10.7. The van der Waals surface area contributed by atoms with Gasteiger partial charge in [-0.25, -0.2) is 0 Å². The Morgan fingerprint density at radius 1 is 1.09 bits per heavy atom. The van der Waals surface area contributed by atoms with Crippen LogP contribution in [0.25, 0.3) is 0 Å². The number of carbonyl (C=O) groups is 1. The first-order valence-electron chi connectivity index (χ1n) is 12.3. The van der Waals surface area contributed by atoms with Gasteiger partial charge in [-0.1, -0.05) is 11.6 Å². The van der Waals surface area contributed by atoms with E-state index in [0.717, 1.165) is 68.4 Å². The number of thiocarbonyl (C=S) groups is 1. The molecule has 32 heavy (non-hydrogen) atoms. The number of hydrogen-bond donors (Lipinski definition) is 1. The summed E-state index contributed by atoms with van der Waals surface area (Å²) in [5, 5.41) is 4.41. The monoisotopic (exact) mass is 455 g/mol. The molecule has 3 aliphatic rings. The molecular weight excluding hydrogens is 418 g/mol. The maximum Gasteiger partial charge on any atom is 0.253 e. The Morgan fingerprint density at radius 3 is 2.47 bits per heavy atom. The van der Waals surface area contributed by atoms with E-state index in [1.54, 1.807) is 5.57 Å². The Labute approximate surface area is 198 Å². The number of piperidine rings is 1. The Morgan fingerprint density at radius 2 is 1.81 bits per heavy atom. The molecule has 1 amide bonds. The highest BCUT2D eigenvalue weighted by atomic mass is 32.1. The molecule has 5 nitrogen and oxygen atoms in total. The third kappa shape index (κ3) is 5.64. The number of amides is 1. The van der Waals surface area contributed by atoms with E-state index >= 15 is 0 Å². The minimum atomic E-state index is 0.131. The summed E-state index contributed by atoms with van der Waals surface area (Å²) < 4.78 is 5.49. The summed E-state index contributed by atoms with van der Waals surface area (Å²) in [7, 11) is 0. The lowest BCUT2D eigenvalue weighted by Crippen LogP contribution is -2.45. The summed E-state index contributed by atoms with van der Waals surface area (Å²) in [4.78, 5) is 17.3. The fourth-order valence-electron chi connectivity index (χ4n) is 5.32. The summed E-state index contributed by atoms with van der Waals surface area (Å²) >= 11 is 5.71. The predicted octanol–water partition coefficient (Wildman–Crippen LogP) is 4.78. The maximum atomic E-state index is 12.9. The Balaban J connectivity index is 1.22. The smallest absolute Gasteiger partial charge is 0.253 e. The van der Waals surface area contributed by atoms with Gasteiger partial charge in [0, 0.05) is 38.3 Å². The van der Waals surface area contributed by atoms with Crippen LogP contribution in [0.5, 0.6) is 5.75 Å². The first-order chi connectivity index (χ1) is 15.6. The lowest BCUT2D eigenvalue weighted by molar-refractivity contribution is 0.0598. The molecule has 2 fully saturated rings. The van der Waals surface area contributed by atoms with Crippen LogP contribution in [-0.2, 0) is 0 Å². The van der Waals surface area contributed by atoms with Crippen molar-refractivity contribution in [3.63, 3.8) is 0 Å². The maximum absolute atomic E-state index is 12.9. The van der Waals surface area contributed by atoms with Gasteiger partial charge in [-0.15, -0.1) is 0 Å². The van der Waals surface area contributed by atoms with E-state index in [1.165, 1.54) is 32.1 Å². The Bertz CT molecular complexity index is 828. The topological polar surface area (TPSA) is 44.8 Å². The van der Waals surface area contributed by atoms with Crippen molar-refractivity contribution in [1.29, 1.82) is 0 Å². The zero-order valence-corrected chi connectivity index (χ0v) is 20.2. The molecule has 6 heteroatoms. The number of nitrogens with zero attached hydrogens (tertiary/aromatic N) is 2. The molecule has 174 valence electrons. The Kier molecular flexibility index (Phi) is 7.71. The van der Waals surface area contributed by atoms with Crippen molar-refractivity contribution in [3.05, 3.63) is 41.5 Å². The average Bonchev–Trinajstić information content (AvgIpc) is 3.24. The average molecular weight is 456 g/mol. The summed E-state index contributed by atoms with van der Waals surface area (Å²) in [6.07, 6.45) is 12.0. The lowest BCUT2D eigenvalue weighted by Gasteiger charge is -2.39. The SMILES string of the molecule is CCOc1ccc(C(=O)N2CCC3(CC2)CCN(C(=S)NCCC2=CCCCC2)C3)cc1. The zero-order valence-electron chi connectivity index (χ0n) is 19.4. The molecule has 4 rings (SSSR count). The van der Waals surface area contributed by atoms with E-state index < -0.39 is 0 Å². The number of likely N-dealkylation sites (tertiary alicyclic amines) is 2. The van der Waals surface area contributed by atoms with Crippen molar-refractivity contribution >= 4 is 23.2 Å². The van der Waals surface area contributed by atoms with Gasteiger partial charge >= 0.3 is 0 Å². The van der Waals surface area contributed by atoms with Gasteiger partial charge in [0.15, 0.2) is 5.11 Å². The highest BCUT2D eigenvalue weighted by Crippen LogP contribution is 2.40. The van der Waals surface area contributed by atoms with Crippen molar-refractivity contribution in [3.8, 4) is 5.75 Å². The molecule has 0 atom stereocenters. The van der Waals surface area contributed by atoms with Gasteiger partial charge in [0.1, 0.15) is 5.75 Å². The largest absolute Gasteiger partial charge is 0.494 e. The van der Waals surface area contributed by atoms with Gasteiger partial charge < -0.3 is 19.9 Å². The summed E-state index contributed by atoms with van der Waals surface area (Å²) in [5.74, 6) is 0.944. The number of benzene rings is 1. The van der Waals surface area contributed by atoms with Crippen molar-refractivity contribution in [2.24, 2.45) is 5.41 Å². The van der Waals surface area contributed by atoms with E-state index in [4.69, 9.17) is 17.0 Å². The molecular formula is C26H37N3O2S. The number of rotatable bonds is 6. The quantitative estimate of drug-likeness (QED) is 0.494. The van der Waals surface area contributed by atoms with Crippen LogP contribution in [0.4, 0.5) is 0 Å². The highest BCUT2D eigenvalue weighted by Gasteiger charge is 2.42. The van der Waals surface area contributed by atoms with Crippen LogP contribution < -0.4 is 10.1 Å². The van der Waals surface area contributed by atoms with Crippen molar-refractivity contribution < 1.29 is 9.53 Å². The fourth-order valence-corrected chi connectivity index (χ4v) is 5.58. The molecule has 1 aliphatic carbocycles. The molecule has 1 spiro atoms. The number of carbonyl (C=O) groups excluding carboxylic acids is 1. The zero-order chi connectivity index (χ0) is 22.4. The van der Waals surface area contributed by atoms with Crippen LogP contribution in [0.3, 0.4) is 0 Å². The number of allylic oxidation sites excluding steroid dienone is 1. The number of nitrogens with one attached hydrogen (secondary N) is 1. The third-order valence-corrected chi connectivity index (χ3v) is 7.76. The molecule has 0 unspecified atom stereocenters. The first-order valence-corrected chi connectivity index (χ1v) is 12.7. The summed E-state index contributed by atoms with van der Waals surface area (Å²) in [6.45, 7) is 7.25. The minimum absolute atomic E-state index is 0.131. The van der Waals surface area contributed by atoms with E-state index in [1.807, 2.05) is 36.1 Å². The second-order valence-corrected chi connectivity index (χ2v) is 9.90. The van der Waals surface area contributed by atoms with Gasteiger partial charge in [0.2, 0.25) is 0 Å². The lowest BCUT2D eigenvalue weighted by atomic mass is 9.77. The molecule has 2 aliphatic heterocycles.